The van der Waals surface area contributed by atoms with Gasteiger partial charge >= 0.3 is 0 Å². The Labute approximate surface area is 113 Å². The Morgan fingerprint density at radius 2 is 1.89 bits per heavy atom. The molecule has 1 heterocycles. The summed E-state index contributed by atoms with van der Waals surface area (Å²) in [6, 6.07) is 0. The van der Waals surface area contributed by atoms with Crippen molar-refractivity contribution >= 4 is 8.32 Å². The summed E-state index contributed by atoms with van der Waals surface area (Å²) in [7, 11) is -1.61. The first-order valence-electron chi connectivity index (χ1n) is 6.99. The van der Waals surface area contributed by atoms with Crippen LogP contribution in [0, 0.1) is 0 Å². The average Bonchev–Trinajstić information content (AvgIpc) is 2.13. The summed E-state index contributed by atoms with van der Waals surface area (Å²) in [5.74, 6) is -0.431. The van der Waals surface area contributed by atoms with Crippen LogP contribution in [0.5, 0.6) is 0 Å². The molecule has 0 N–H and O–H groups in total. The van der Waals surface area contributed by atoms with Crippen molar-refractivity contribution in [2.75, 3.05) is 13.2 Å². The van der Waals surface area contributed by atoms with E-state index in [2.05, 4.69) is 33.9 Å². The van der Waals surface area contributed by atoms with Crippen molar-refractivity contribution in [1.29, 1.82) is 0 Å². The third-order valence-corrected chi connectivity index (χ3v) is 8.59. The summed E-state index contributed by atoms with van der Waals surface area (Å²) in [6.45, 7) is 17.0. The number of hydrogen-bond donors (Lipinski definition) is 0. The molecule has 18 heavy (non-hydrogen) atoms. The van der Waals surface area contributed by atoms with Crippen molar-refractivity contribution in [3.05, 3.63) is 0 Å². The van der Waals surface area contributed by atoms with Crippen LogP contribution in [-0.4, -0.2) is 33.4 Å². The molecule has 3 nitrogen and oxygen atoms in total. The van der Waals surface area contributed by atoms with Gasteiger partial charge in [0.05, 0.1) is 12.7 Å². The van der Waals surface area contributed by atoms with Crippen molar-refractivity contribution in [2.24, 2.45) is 0 Å². The number of hydrogen-bond acceptors (Lipinski definition) is 3. The first kappa shape index (κ1) is 16.2. The largest absolute Gasteiger partial charge is 0.417 e. The lowest BCUT2D eigenvalue weighted by molar-refractivity contribution is -0.274. The van der Waals surface area contributed by atoms with E-state index in [1.54, 1.807) is 0 Å². The third kappa shape index (κ3) is 4.65. The summed E-state index contributed by atoms with van der Waals surface area (Å²) in [5.41, 5.74) is 0. The zero-order chi connectivity index (χ0) is 14.0. The quantitative estimate of drug-likeness (QED) is 0.727. The van der Waals surface area contributed by atoms with Gasteiger partial charge in [-0.1, -0.05) is 20.8 Å². The monoisotopic (exact) mass is 274 g/mol. The molecule has 1 atom stereocenters. The summed E-state index contributed by atoms with van der Waals surface area (Å²) >= 11 is 0. The van der Waals surface area contributed by atoms with Crippen LogP contribution in [0.25, 0.3) is 0 Å². The van der Waals surface area contributed by atoms with Crippen molar-refractivity contribution in [3.8, 4) is 0 Å². The van der Waals surface area contributed by atoms with Crippen LogP contribution in [0.15, 0.2) is 0 Å². The van der Waals surface area contributed by atoms with E-state index in [0.717, 1.165) is 26.1 Å². The molecule has 0 aromatic rings. The minimum absolute atomic E-state index is 0.276. The van der Waals surface area contributed by atoms with Gasteiger partial charge in [-0.05, 0) is 44.8 Å². The Morgan fingerprint density at radius 1 is 1.28 bits per heavy atom. The second-order valence-electron chi connectivity index (χ2n) is 7.17. The molecule has 0 saturated carbocycles. The maximum absolute atomic E-state index is 6.18. The Morgan fingerprint density at radius 3 is 2.39 bits per heavy atom. The molecule has 0 aliphatic carbocycles. The lowest BCUT2D eigenvalue weighted by atomic mass is 10.1. The molecule has 0 aromatic heterocycles. The van der Waals surface area contributed by atoms with Gasteiger partial charge in [-0.2, -0.15) is 0 Å². The Hall–Kier alpha value is 0.0969. The van der Waals surface area contributed by atoms with E-state index in [9.17, 15) is 0 Å². The van der Waals surface area contributed by atoms with Gasteiger partial charge in [-0.25, -0.2) is 0 Å². The molecule has 4 heteroatoms. The Kier molecular flexibility index (Phi) is 5.04. The van der Waals surface area contributed by atoms with Gasteiger partial charge in [-0.3, -0.25) is 0 Å². The zero-order valence-corrected chi connectivity index (χ0v) is 14.1. The van der Waals surface area contributed by atoms with Gasteiger partial charge in [0.2, 0.25) is 0 Å². The molecule has 0 aromatic carbocycles. The van der Waals surface area contributed by atoms with E-state index in [4.69, 9.17) is 13.9 Å². The fraction of sp³-hybridized carbons (Fsp3) is 1.00. The standard InChI is InChI=1S/C14H30O3Si/c1-13(2,3)18(6,7)16-11-9-12-8-10-15-14(4,5)17-12/h12H,8-11H2,1-7H3. The molecule has 1 unspecified atom stereocenters. The van der Waals surface area contributed by atoms with Crippen LogP contribution in [-0.2, 0) is 13.9 Å². The van der Waals surface area contributed by atoms with Gasteiger partial charge < -0.3 is 13.9 Å². The van der Waals surface area contributed by atoms with Crippen LogP contribution in [0.1, 0.15) is 47.5 Å². The van der Waals surface area contributed by atoms with Crippen molar-refractivity contribution in [3.63, 3.8) is 0 Å². The maximum atomic E-state index is 6.18. The van der Waals surface area contributed by atoms with Crippen molar-refractivity contribution in [1.82, 2.24) is 0 Å². The smallest absolute Gasteiger partial charge is 0.191 e. The normalized spacial score (nSPS) is 25.2. The van der Waals surface area contributed by atoms with E-state index in [1.807, 2.05) is 13.8 Å². The second-order valence-corrected chi connectivity index (χ2v) is 12.0. The molecule has 1 saturated heterocycles. The molecule has 0 spiro atoms. The van der Waals surface area contributed by atoms with E-state index < -0.39 is 14.1 Å². The lowest BCUT2D eigenvalue weighted by Crippen LogP contribution is -2.43. The maximum Gasteiger partial charge on any atom is 0.191 e. The molecule has 1 aliphatic heterocycles. The van der Waals surface area contributed by atoms with Crippen LogP contribution in [0.3, 0.4) is 0 Å². The highest BCUT2D eigenvalue weighted by molar-refractivity contribution is 6.74. The van der Waals surface area contributed by atoms with Gasteiger partial charge in [-0.15, -0.1) is 0 Å². The molecular weight excluding hydrogens is 244 g/mol. The third-order valence-electron chi connectivity index (χ3n) is 4.05. The molecule has 1 aliphatic rings. The molecule has 0 amide bonds. The van der Waals surface area contributed by atoms with Crippen molar-refractivity contribution in [2.45, 2.75) is 77.5 Å². The summed E-state index contributed by atoms with van der Waals surface area (Å²) in [4.78, 5) is 0. The van der Waals surface area contributed by atoms with Crippen LogP contribution >= 0.6 is 0 Å². The summed E-state index contributed by atoms with van der Waals surface area (Å²) in [5, 5.41) is 0.281. The van der Waals surface area contributed by atoms with Crippen molar-refractivity contribution < 1.29 is 13.9 Å². The Balaban J connectivity index is 2.34. The summed E-state index contributed by atoms with van der Waals surface area (Å²) in [6.07, 6.45) is 2.22. The molecule has 0 radical (unpaired) electrons. The number of ether oxygens (including phenoxy) is 2. The van der Waals surface area contributed by atoms with Crippen LogP contribution in [0.4, 0.5) is 0 Å². The van der Waals surface area contributed by atoms with Crippen LogP contribution < -0.4 is 0 Å². The summed E-state index contributed by atoms with van der Waals surface area (Å²) < 4.78 is 17.6. The van der Waals surface area contributed by atoms with Gasteiger partial charge in [0, 0.05) is 6.61 Å². The fourth-order valence-electron chi connectivity index (χ4n) is 1.80. The second kappa shape index (κ2) is 5.61. The highest BCUT2D eigenvalue weighted by Crippen LogP contribution is 2.36. The van der Waals surface area contributed by atoms with Gasteiger partial charge in [0.15, 0.2) is 14.1 Å². The van der Waals surface area contributed by atoms with E-state index >= 15 is 0 Å². The first-order valence-corrected chi connectivity index (χ1v) is 9.90. The highest BCUT2D eigenvalue weighted by atomic mass is 28.4. The topological polar surface area (TPSA) is 27.7 Å². The molecule has 108 valence electrons. The molecule has 1 rings (SSSR count). The zero-order valence-electron chi connectivity index (χ0n) is 13.1. The lowest BCUT2D eigenvalue weighted by Gasteiger charge is -2.38. The van der Waals surface area contributed by atoms with E-state index in [1.165, 1.54) is 0 Å². The highest BCUT2D eigenvalue weighted by Gasteiger charge is 2.37. The predicted molar refractivity (Wildman–Crippen MR) is 77.3 cm³/mol. The fourth-order valence-corrected chi connectivity index (χ4v) is 2.86. The SMILES string of the molecule is CC1(C)OCCC(CCO[Si](C)(C)C(C)(C)C)O1. The molecule has 0 bridgehead atoms. The van der Waals surface area contributed by atoms with Gasteiger partial charge in [0.25, 0.3) is 0 Å². The molecule has 1 fully saturated rings. The Bertz CT molecular complexity index is 269. The molecular formula is C14H30O3Si. The minimum atomic E-state index is -1.61. The minimum Gasteiger partial charge on any atom is -0.417 e. The average molecular weight is 274 g/mol. The predicted octanol–water partition coefficient (Wildman–Crippen LogP) is 3.94. The van der Waals surface area contributed by atoms with E-state index in [0.29, 0.717) is 0 Å². The first-order chi connectivity index (χ1) is 8.04. The van der Waals surface area contributed by atoms with Crippen LogP contribution in [0.2, 0.25) is 18.1 Å². The number of rotatable bonds is 4. The van der Waals surface area contributed by atoms with E-state index in [-0.39, 0.29) is 11.1 Å². The van der Waals surface area contributed by atoms with Gasteiger partial charge in [0.1, 0.15) is 0 Å².